The lowest BCUT2D eigenvalue weighted by Crippen LogP contribution is -2.48. The Hall–Kier alpha value is -3.00. The van der Waals surface area contributed by atoms with E-state index in [0.29, 0.717) is 56.8 Å². The van der Waals surface area contributed by atoms with Gasteiger partial charge < -0.3 is 19.7 Å². The molecule has 0 spiro atoms. The van der Waals surface area contributed by atoms with Gasteiger partial charge in [0.15, 0.2) is 0 Å². The van der Waals surface area contributed by atoms with E-state index in [0.717, 1.165) is 16.7 Å². The predicted octanol–water partition coefficient (Wildman–Crippen LogP) is 4.28. The molecule has 0 amide bonds. The van der Waals surface area contributed by atoms with E-state index in [4.69, 9.17) is 9.47 Å². The van der Waals surface area contributed by atoms with Crippen molar-refractivity contribution in [2.24, 2.45) is 0 Å². The summed E-state index contributed by atoms with van der Waals surface area (Å²) in [7, 11) is 0. The molecule has 2 aliphatic rings. The van der Waals surface area contributed by atoms with Gasteiger partial charge in [0.2, 0.25) is 0 Å². The fourth-order valence-corrected chi connectivity index (χ4v) is 5.11. The predicted molar refractivity (Wildman–Crippen MR) is 132 cm³/mol. The van der Waals surface area contributed by atoms with Crippen molar-refractivity contribution in [1.82, 2.24) is 4.90 Å². The third-order valence-corrected chi connectivity index (χ3v) is 7.00. The number of benzene rings is 3. The van der Waals surface area contributed by atoms with Crippen LogP contribution in [0.2, 0.25) is 0 Å². The van der Waals surface area contributed by atoms with E-state index in [-0.39, 0.29) is 11.6 Å². The Morgan fingerprint density at radius 3 is 1.75 bits per heavy atom. The number of aliphatic hydroxyl groups is 2. The Morgan fingerprint density at radius 2 is 1.25 bits per heavy atom. The summed E-state index contributed by atoms with van der Waals surface area (Å²) in [6.45, 7) is 1.13. The summed E-state index contributed by atoms with van der Waals surface area (Å²) >= 11 is 0. The van der Waals surface area contributed by atoms with E-state index < -0.39 is 24.4 Å². The third kappa shape index (κ3) is 5.86. The summed E-state index contributed by atoms with van der Waals surface area (Å²) in [6, 6.07) is 18.8. The maximum absolute atomic E-state index is 13.5. The highest BCUT2D eigenvalue weighted by molar-refractivity contribution is 5.37. The highest BCUT2D eigenvalue weighted by atomic mass is 19.1. The molecular weight excluding hydrogens is 464 g/mol. The van der Waals surface area contributed by atoms with E-state index in [1.807, 2.05) is 35.2 Å². The van der Waals surface area contributed by atoms with Gasteiger partial charge in [-0.15, -0.1) is 0 Å². The first kappa shape index (κ1) is 24.7. The molecule has 2 heterocycles. The Labute approximate surface area is 209 Å². The lowest BCUT2D eigenvalue weighted by molar-refractivity contribution is -0.0295. The summed E-state index contributed by atoms with van der Waals surface area (Å²) < 4.78 is 39.1. The van der Waals surface area contributed by atoms with Crippen molar-refractivity contribution < 1.29 is 28.5 Å². The van der Waals surface area contributed by atoms with Crippen LogP contribution in [0.4, 0.5) is 8.78 Å². The molecule has 5 rings (SSSR count). The number of aryl methyl sites for hydroxylation is 2. The molecule has 7 heteroatoms. The molecule has 0 aromatic heterocycles. The second-order valence-corrected chi connectivity index (χ2v) is 9.71. The first-order valence-corrected chi connectivity index (χ1v) is 12.5. The Balaban J connectivity index is 1.26. The van der Waals surface area contributed by atoms with Gasteiger partial charge in [0.1, 0.15) is 47.5 Å². The molecule has 0 aliphatic carbocycles. The van der Waals surface area contributed by atoms with E-state index in [1.54, 1.807) is 12.1 Å². The average Bonchev–Trinajstić information content (AvgIpc) is 2.88. The van der Waals surface area contributed by atoms with E-state index >= 15 is 0 Å². The summed E-state index contributed by atoms with van der Waals surface area (Å²) in [5.41, 5.74) is 2.68. The van der Waals surface area contributed by atoms with Gasteiger partial charge in [-0.05, 0) is 78.8 Å². The molecule has 0 radical (unpaired) electrons. The molecule has 2 N–H and O–H groups in total. The zero-order valence-corrected chi connectivity index (χ0v) is 20.0. The lowest BCUT2D eigenvalue weighted by atomic mass is 9.97. The zero-order chi connectivity index (χ0) is 25.1. The highest BCUT2D eigenvalue weighted by Crippen LogP contribution is 2.31. The van der Waals surface area contributed by atoms with Crippen LogP contribution in [-0.2, 0) is 19.4 Å². The fourth-order valence-electron chi connectivity index (χ4n) is 5.11. The summed E-state index contributed by atoms with van der Waals surface area (Å²) in [5, 5.41) is 22.2. The molecular formula is C29H31F2NO4. The minimum atomic E-state index is -0.796. The van der Waals surface area contributed by atoms with Crippen molar-refractivity contribution in [3.8, 4) is 11.5 Å². The fraction of sp³-hybridized carbons (Fsp3) is 0.379. The molecule has 0 bridgehead atoms. The van der Waals surface area contributed by atoms with Gasteiger partial charge in [0.05, 0.1) is 0 Å². The Kier molecular flexibility index (Phi) is 7.51. The smallest absolute Gasteiger partial charge is 0.126 e. The van der Waals surface area contributed by atoms with Crippen molar-refractivity contribution in [3.05, 3.63) is 95.1 Å². The van der Waals surface area contributed by atoms with E-state index in [2.05, 4.69) is 0 Å². The molecule has 3 aromatic carbocycles. The van der Waals surface area contributed by atoms with Crippen LogP contribution < -0.4 is 9.47 Å². The zero-order valence-electron chi connectivity index (χ0n) is 20.0. The number of ether oxygens (including phenoxy) is 2. The lowest BCUT2D eigenvalue weighted by Gasteiger charge is -2.35. The van der Waals surface area contributed by atoms with Gasteiger partial charge in [0, 0.05) is 19.6 Å². The molecule has 1 unspecified atom stereocenters. The van der Waals surface area contributed by atoms with Crippen LogP contribution in [0, 0.1) is 11.6 Å². The van der Waals surface area contributed by atoms with Gasteiger partial charge >= 0.3 is 0 Å². The summed E-state index contributed by atoms with van der Waals surface area (Å²) in [6.07, 6.45) is -0.0167. The first-order chi connectivity index (χ1) is 17.4. The minimum absolute atomic E-state index is 0.293. The average molecular weight is 496 g/mol. The van der Waals surface area contributed by atoms with Gasteiger partial charge in [-0.3, -0.25) is 4.90 Å². The number of hydrogen-bond acceptors (Lipinski definition) is 5. The molecule has 3 aromatic rings. The summed E-state index contributed by atoms with van der Waals surface area (Å²) in [5.74, 6) is 0.619. The molecule has 0 saturated carbocycles. The van der Waals surface area contributed by atoms with Crippen molar-refractivity contribution in [2.75, 3.05) is 13.1 Å². The van der Waals surface area contributed by atoms with Gasteiger partial charge in [-0.1, -0.05) is 30.3 Å². The number of halogens is 2. The topological polar surface area (TPSA) is 62.2 Å². The molecule has 5 nitrogen and oxygen atoms in total. The van der Waals surface area contributed by atoms with Crippen LogP contribution in [0.25, 0.3) is 0 Å². The van der Waals surface area contributed by atoms with Gasteiger partial charge in [-0.25, -0.2) is 8.78 Å². The maximum Gasteiger partial charge on any atom is 0.126 e. The molecule has 2 aliphatic heterocycles. The second-order valence-electron chi connectivity index (χ2n) is 9.71. The SMILES string of the molecule is O[C@H](CN(Cc1ccccc1)C[C@H](O)C1CCc2cc(F)ccc2O1)[C@H]1CCc2cc(F)ccc2O1. The standard InChI is InChI=1S/C29H31F2NO4/c30-22-8-12-26-20(14-22)6-10-28(35-26)24(33)17-32(16-19-4-2-1-3-5-19)18-25(34)29-11-7-21-15-23(31)9-13-27(21)36-29/h1-5,8-9,12-15,24-25,28-29,33-34H,6-7,10-11,16-18H2/t24-,25+,28-,29?/m1/s1. The number of hydrogen-bond donors (Lipinski definition) is 2. The number of aliphatic hydroxyl groups excluding tert-OH is 2. The van der Waals surface area contributed by atoms with E-state index in [1.165, 1.54) is 24.3 Å². The van der Waals surface area contributed by atoms with Crippen molar-refractivity contribution in [3.63, 3.8) is 0 Å². The Bertz CT molecular complexity index is 1100. The monoisotopic (exact) mass is 495 g/mol. The van der Waals surface area contributed by atoms with E-state index in [9.17, 15) is 19.0 Å². The molecule has 36 heavy (non-hydrogen) atoms. The first-order valence-electron chi connectivity index (χ1n) is 12.5. The quantitative estimate of drug-likeness (QED) is 0.489. The second kappa shape index (κ2) is 10.9. The van der Waals surface area contributed by atoms with Gasteiger partial charge in [0.25, 0.3) is 0 Å². The van der Waals surface area contributed by atoms with Crippen LogP contribution in [0.3, 0.4) is 0 Å². The number of nitrogens with zero attached hydrogens (tertiary/aromatic N) is 1. The molecule has 4 atom stereocenters. The van der Waals surface area contributed by atoms with Crippen LogP contribution in [0.15, 0.2) is 66.7 Å². The maximum atomic E-state index is 13.5. The summed E-state index contributed by atoms with van der Waals surface area (Å²) in [4.78, 5) is 2.01. The van der Waals surface area contributed by atoms with Crippen molar-refractivity contribution >= 4 is 0 Å². The molecule has 0 saturated heterocycles. The molecule has 0 fully saturated rings. The van der Waals surface area contributed by atoms with Crippen LogP contribution in [0.1, 0.15) is 29.5 Å². The Morgan fingerprint density at radius 1 is 0.750 bits per heavy atom. The number of rotatable bonds is 8. The number of fused-ring (bicyclic) bond motifs is 2. The van der Waals surface area contributed by atoms with Crippen LogP contribution in [-0.4, -0.2) is 52.6 Å². The van der Waals surface area contributed by atoms with Crippen molar-refractivity contribution in [2.45, 2.75) is 56.6 Å². The van der Waals surface area contributed by atoms with Crippen LogP contribution in [0.5, 0.6) is 11.5 Å². The largest absolute Gasteiger partial charge is 0.487 e. The molecule has 190 valence electrons. The third-order valence-electron chi connectivity index (χ3n) is 7.00. The van der Waals surface area contributed by atoms with Crippen LogP contribution >= 0.6 is 0 Å². The highest BCUT2D eigenvalue weighted by Gasteiger charge is 2.32. The minimum Gasteiger partial charge on any atom is -0.487 e. The van der Waals surface area contributed by atoms with Crippen molar-refractivity contribution in [1.29, 1.82) is 0 Å². The van der Waals surface area contributed by atoms with Gasteiger partial charge in [-0.2, -0.15) is 0 Å². The normalized spacial score (nSPS) is 20.6.